The van der Waals surface area contributed by atoms with Gasteiger partial charge in [-0.15, -0.1) is 0 Å². The molecule has 6 heteroatoms. The van der Waals surface area contributed by atoms with E-state index in [2.05, 4.69) is 142 Å². The first-order chi connectivity index (χ1) is 39.5. The van der Waals surface area contributed by atoms with Crippen molar-refractivity contribution in [1.29, 1.82) is 0 Å². The number of carbonyl (C=O) groups excluding carboxylic acids is 3. The van der Waals surface area contributed by atoms with Gasteiger partial charge in [0.25, 0.3) is 0 Å². The summed E-state index contributed by atoms with van der Waals surface area (Å²) < 4.78 is 16.9. The minimum Gasteiger partial charge on any atom is -0.462 e. The fraction of sp³-hybridized carbons (Fsp3) is 0.689. The van der Waals surface area contributed by atoms with Crippen LogP contribution in [0.25, 0.3) is 0 Å². The Bertz CT molecular complexity index is 1650. The average Bonchev–Trinajstić information content (AvgIpc) is 3.46. The van der Waals surface area contributed by atoms with Crippen molar-refractivity contribution in [1.82, 2.24) is 0 Å². The Kier molecular flexibility index (Phi) is 63.8. The lowest BCUT2D eigenvalue weighted by molar-refractivity contribution is -0.167. The largest absolute Gasteiger partial charge is 0.462 e. The molecule has 1 atom stereocenters. The van der Waals surface area contributed by atoms with Crippen molar-refractivity contribution >= 4 is 17.9 Å². The zero-order valence-electron chi connectivity index (χ0n) is 52.3. The van der Waals surface area contributed by atoms with Crippen LogP contribution >= 0.6 is 0 Å². The van der Waals surface area contributed by atoms with E-state index in [0.29, 0.717) is 19.3 Å². The minimum atomic E-state index is -0.788. The highest BCUT2D eigenvalue weighted by Crippen LogP contribution is 2.16. The van der Waals surface area contributed by atoms with Gasteiger partial charge in [-0.1, -0.05) is 296 Å². The molecule has 0 fully saturated rings. The molecule has 0 radical (unpaired) electrons. The van der Waals surface area contributed by atoms with Crippen molar-refractivity contribution in [2.75, 3.05) is 13.2 Å². The number of rotatable bonds is 60. The van der Waals surface area contributed by atoms with Gasteiger partial charge in [0, 0.05) is 19.3 Å². The first-order valence-electron chi connectivity index (χ1n) is 33.5. The van der Waals surface area contributed by atoms with Crippen molar-refractivity contribution in [2.24, 2.45) is 0 Å². The van der Waals surface area contributed by atoms with Gasteiger partial charge in [0.1, 0.15) is 13.2 Å². The summed E-state index contributed by atoms with van der Waals surface area (Å²) in [5, 5.41) is 0. The van der Waals surface area contributed by atoms with Crippen LogP contribution in [0.3, 0.4) is 0 Å². The predicted molar refractivity (Wildman–Crippen MR) is 348 cm³/mol. The Morgan fingerprint density at radius 2 is 0.487 bits per heavy atom. The van der Waals surface area contributed by atoms with Gasteiger partial charge in [-0.3, -0.25) is 14.4 Å². The van der Waals surface area contributed by atoms with E-state index in [1.54, 1.807) is 0 Å². The third-order valence-electron chi connectivity index (χ3n) is 14.2. The van der Waals surface area contributed by atoms with Crippen molar-refractivity contribution in [2.45, 2.75) is 316 Å². The fourth-order valence-electron chi connectivity index (χ4n) is 9.20. The van der Waals surface area contributed by atoms with Crippen LogP contribution in [0.1, 0.15) is 310 Å². The van der Waals surface area contributed by atoms with E-state index in [1.165, 1.54) is 135 Å². The maximum absolute atomic E-state index is 12.9. The normalized spacial score (nSPS) is 12.9. The van der Waals surface area contributed by atoms with Crippen molar-refractivity contribution < 1.29 is 28.6 Å². The molecule has 80 heavy (non-hydrogen) atoms. The first kappa shape index (κ1) is 75.8. The lowest BCUT2D eigenvalue weighted by Gasteiger charge is -2.18. The van der Waals surface area contributed by atoms with Gasteiger partial charge in [0.2, 0.25) is 0 Å². The van der Waals surface area contributed by atoms with Crippen LogP contribution in [-0.2, 0) is 28.6 Å². The molecule has 0 aliphatic carbocycles. The van der Waals surface area contributed by atoms with Crippen LogP contribution in [-0.4, -0.2) is 37.2 Å². The highest BCUT2D eigenvalue weighted by molar-refractivity contribution is 5.71. The van der Waals surface area contributed by atoms with E-state index < -0.39 is 6.10 Å². The van der Waals surface area contributed by atoms with E-state index in [1.807, 2.05) is 0 Å². The van der Waals surface area contributed by atoms with Crippen LogP contribution in [0.5, 0.6) is 0 Å². The number of carbonyl (C=O) groups is 3. The molecule has 0 saturated heterocycles. The van der Waals surface area contributed by atoms with Gasteiger partial charge in [-0.25, -0.2) is 0 Å². The zero-order valence-corrected chi connectivity index (χ0v) is 52.3. The molecule has 0 aromatic carbocycles. The van der Waals surface area contributed by atoms with E-state index in [9.17, 15) is 14.4 Å². The Morgan fingerprint density at radius 1 is 0.263 bits per heavy atom. The summed E-state index contributed by atoms with van der Waals surface area (Å²) in [4.78, 5) is 38.2. The number of hydrogen-bond acceptors (Lipinski definition) is 6. The molecule has 6 nitrogen and oxygen atoms in total. The molecule has 0 aliphatic heterocycles. The van der Waals surface area contributed by atoms with Crippen molar-refractivity contribution in [3.63, 3.8) is 0 Å². The van der Waals surface area contributed by atoms with Crippen LogP contribution in [0.2, 0.25) is 0 Å². The van der Waals surface area contributed by atoms with Crippen LogP contribution in [0.15, 0.2) is 122 Å². The second-order valence-corrected chi connectivity index (χ2v) is 22.0. The molecule has 0 heterocycles. The Balaban J connectivity index is 4.22. The maximum Gasteiger partial charge on any atom is 0.306 e. The van der Waals surface area contributed by atoms with Gasteiger partial charge < -0.3 is 14.2 Å². The lowest BCUT2D eigenvalue weighted by Crippen LogP contribution is -2.30. The average molecular weight is 1110 g/mol. The monoisotopic (exact) mass is 1110 g/mol. The summed E-state index contributed by atoms with van der Waals surface area (Å²) in [6, 6.07) is 0. The molecule has 0 bridgehead atoms. The molecule has 0 amide bonds. The van der Waals surface area contributed by atoms with Gasteiger partial charge in [-0.2, -0.15) is 0 Å². The number of ether oxygens (including phenoxy) is 3. The highest BCUT2D eigenvalue weighted by atomic mass is 16.6. The summed E-state index contributed by atoms with van der Waals surface area (Å²) >= 11 is 0. The second kappa shape index (κ2) is 67.3. The second-order valence-electron chi connectivity index (χ2n) is 22.0. The quantitative estimate of drug-likeness (QED) is 0.0261. The number of hydrogen-bond donors (Lipinski definition) is 0. The van der Waals surface area contributed by atoms with Crippen LogP contribution in [0.4, 0.5) is 0 Å². The van der Waals surface area contributed by atoms with E-state index in [-0.39, 0.29) is 31.1 Å². The molecule has 0 aromatic heterocycles. The summed E-state index contributed by atoms with van der Waals surface area (Å²) in [6.07, 6.45) is 93.7. The Hall–Kier alpha value is -4.19. The molecular formula is C74H124O6. The van der Waals surface area contributed by atoms with Gasteiger partial charge in [-0.05, 0) is 116 Å². The third kappa shape index (κ3) is 64.6. The number of esters is 3. The van der Waals surface area contributed by atoms with Crippen molar-refractivity contribution in [3.05, 3.63) is 122 Å². The van der Waals surface area contributed by atoms with E-state index in [0.717, 1.165) is 135 Å². The van der Waals surface area contributed by atoms with E-state index in [4.69, 9.17) is 14.2 Å². The molecule has 0 aromatic rings. The SMILES string of the molecule is CC/C=C\C/C=C\C/C=C\C/C=C\C/C=C\C/C=C\C/C=C\C/C=C\C/C=C\CCCCCCCC(=O)OCC(COC(=O)CCCCCCCCCC)OC(=O)CCCCCCCCCCC/C=C\CCCCCCCCCC. The minimum absolute atomic E-state index is 0.0845. The summed E-state index contributed by atoms with van der Waals surface area (Å²) in [5.41, 5.74) is 0. The molecule has 0 rings (SSSR count). The Morgan fingerprint density at radius 3 is 0.775 bits per heavy atom. The molecule has 0 aliphatic rings. The molecule has 0 spiro atoms. The van der Waals surface area contributed by atoms with Gasteiger partial charge >= 0.3 is 17.9 Å². The zero-order chi connectivity index (χ0) is 57.8. The van der Waals surface area contributed by atoms with Gasteiger partial charge in [0.05, 0.1) is 0 Å². The van der Waals surface area contributed by atoms with Crippen LogP contribution < -0.4 is 0 Å². The predicted octanol–water partition coefficient (Wildman–Crippen LogP) is 23.2. The molecule has 1 unspecified atom stereocenters. The lowest BCUT2D eigenvalue weighted by atomic mass is 10.1. The van der Waals surface area contributed by atoms with Crippen LogP contribution in [0, 0.1) is 0 Å². The highest BCUT2D eigenvalue weighted by Gasteiger charge is 2.19. The molecular weight excluding hydrogens is 985 g/mol. The first-order valence-corrected chi connectivity index (χ1v) is 33.5. The Labute approximate surface area is 494 Å². The number of allylic oxidation sites excluding steroid dienone is 20. The molecule has 0 saturated carbocycles. The smallest absolute Gasteiger partial charge is 0.306 e. The van der Waals surface area contributed by atoms with Gasteiger partial charge in [0.15, 0.2) is 6.10 Å². The molecule has 0 N–H and O–H groups in total. The number of unbranched alkanes of at least 4 members (excludes halogenated alkanes) is 29. The summed E-state index contributed by atoms with van der Waals surface area (Å²) in [7, 11) is 0. The summed E-state index contributed by atoms with van der Waals surface area (Å²) in [5.74, 6) is -0.905. The topological polar surface area (TPSA) is 78.9 Å². The summed E-state index contributed by atoms with van der Waals surface area (Å²) in [6.45, 7) is 6.50. The standard InChI is InChI=1S/C74H124O6/c1-4-7-10-13-16-19-21-23-25-27-29-31-32-33-34-35-36-37-38-39-40-41-42-44-45-47-49-51-53-55-58-61-64-67-73(76)79-70-71(69-78-72(75)66-63-60-57-18-15-12-9-6-3)80-74(77)68-65-62-59-56-54-52-50-48-46-43-30-28-26-24-22-20-17-14-11-8-5-2/h7,10,16,19,23,25,28-31,33-34,36-37,39-40,42,44,47,49,71H,4-6,8-9,11-15,17-18,20-22,24,26-27,32,35,38,41,43,45-46,48,50-70H2,1-3H3/b10-7-,19-16-,25-23-,30-28-,31-29-,34-33-,37-36-,40-39-,44-42-,49-47-. The third-order valence-corrected chi connectivity index (χ3v) is 14.2. The fourth-order valence-corrected chi connectivity index (χ4v) is 9.20. The van der Waals surface area contributed by atoms with Crippen molar-refractivity contribution in [3.8, 4) is 0 Å². The maximum atomic E-state index is 12.9. The molecule has 456 valence electrons. The van der Waals surface area contributed by atoms with E-state index >= 15 is 0 Å².